The van der Waals surface area contributed by atoms with Crippen LogP contribution in [0.2, 0.25) is 0 Å². The fourth-order valence-corrected chi connectivity index (χ4v) is 3.09. The van der Waals surface area contributed by atoms with Crippen molar-refractivity contribution in [2.45, 2.75) is 36.9 Å². The third-order valence-corrected chi connectivity index (χ3v) is 4.43. The van der Waals surface area contributed by atoms with Gasteiger partial charge in [0.25, 0.3) is 0 Å². The first-order chi connectivity index (χ1) is 10.8. The molecule has 1 heterocycles. The van der Waals surface area contributed by atoms with E-state index in [1.807, 2.05) is 30.3 Å². The van der Waals surface area contributed by atoms with Crippen molar-refractivity contribution in [2.75, 3.05) is 13.1 Å². The Labute approximate surface area is 131 Å². The third kappa shape index (κ3) is 3.33. The number of hydrogen-bond acceptors (Lipinski definition) is 2. The van der Waals surface area contributed by atoms with Crippen LogP contribution in [0.25, 0.3) is 0 Å². The van der Waals surface area contributed by atoms with Crippen molar-refractivity contribution in [3.63, 3.8) is 0 Å². The number of hydrogen-bond donors (Lipinski definition) is 1. The number of nitrogens with zero attached hydrogens (tertiary/aromatic N) is 1. The summed E-state index contributed by atoms with van der Waals surface area (Å²) in [5.74, 6) is -0.771. The molecule has 1 unspecified atom stereocenters. The predicted octanol–water partition coefficient (Wildman–Crippen LogP) is 2.00. The van der Waals surface area contributed by atoms with E-state index in [0.29, 0.717) is 0 Å². The Morgan fingerprint density at radius 3 is 2.48 bits per heavy atom. The lowest BCUT2D eigenvalue weighted by atomic mass is 9.94. The summed E-state index contributed by atoms with van der Waals surface area (Å²) in [6.45, 7) is -1.35. The van der Waals surface area contributed by atoms with Gasteiger partial charge in [-0.2, -0.15) is 13.2 Å². The van der Waals surface area contributed by atoms with Gasteiger partial charge in [-0.1, -0.05) is 30.3 Å². The maximum absolute atomic E-state index is 12.5. The molecule has 23 heavy (non-hydrogen) atoms. The van der Waals surface area contributed by atoms with Crippen LogP contribution in [0.15, 0.2) is 30.3 Å². The average Bonchev–Trinajstić information content (AvgIpc) is 3.21. The van der Waals surface area contributed by atoms with Crippen molar-refractivity contribution in [3.05, 3.63) is 35.9 Å². The van der Waals surface area contributed by atoms with Crippen LogP contribution in [0.4, 0.5) is 13.2 Å². The van der Waals surface area contributed by atoms with Crippen molar-refractivity contribution >= 4 is 11.8 Å². The van der Waals surface area contributed by atoms with Gasteiger partial charge in [0.05, 0.1) is 11.5 Å². The maximum Gasteiger partial charge on any atom is 0.406 e. The highest BCUT2D eigenvalue weighted by Gasteiger charge is 2.52. The Hall–Kier alpha value is -2.05. The molecule has 1 aromatic rings. The van der Waals surface area contributed by atoms with Crippen LogP contribution in [0.5, 0.6) is 0 Å². The second-order valence-corrected chi connectivity index (χ2v) is 6.21. The van der Waals surface area contributed by atoms with Gasteiger partial charge in [-0.15, -0.1) is 0 Å². The molecule has 1 aliphatic carbocycles. The first-order valence-electron chi connectivity index (χ1n) is 7.51. The van der Waals surface area contributed by atoms with Crippen molar-refractivity contribution < 1.29 is 22.8 Å². The molecule has 1 aromatic carbocycles. The first-order valence-corrected chi connectivity index (χ1v) is 7.51. The van der Waals surface area contributed by atoms with Crippen LogP contribution in [0, 0.1) is 0 Å². The molecule has 1 saturated carbocycles. The maximum atomic E-state index is 12.5. The molecule has 1 atom stereocenters. The first kappa shape index (κ1) is 15.8. The summed E-state index contributed by atoms with van der Waals surface area (Å²) in [5, 5.41) is 2.76. The number of likely N-dealkylation sites (tertiary alicyclic amines) is 1. The van der Waals surface area contributed by atoms with Crippen LogP contribution in [0.3, 0.4) is 0 Å². The van der Waals surface area contributed by atoms with Crippen molar-refractivity contribution in [1.82, 2.24) is 10.2 Å². The summed E-state index contributed by atoms with van der Waals surface area (Å²) in [5.41, 5.74) is 0.329. The summed E-state index contributed by atoms with van der Waals surface area (Å²) < 4.78 is 37.2. The molecule has 0 bridgehead atoms. The Morgan fingerprint density at radius 2 is 1.91 bits per heavy atom. The number of carbonyl (C=O) groups is 2. The number of rotatable bonds is 4. The highest BCUT2D eigenvalue weighted by Crippen LogP contribution is 2.48. The average molecular weight is 326 g/mol. The molecule has 2 fully saturated rings. The number of nitrogens with one attached hydrogen (secondary N) is 1. The smallest absolute Gasteiger partial charge is 0.350 e. The molecule has 2 aliphatic rings. The molecule has 1 aliphatic heterocycles. The molecule has 4 nitrogen and oxygen atoms in total. The molecule has 0 spiro atoms. The largest absolute Gasteiger partial charge is 0.406 e. The minimum absolute atomic E-state index is 0.0767. The Morgan fingerprint density at radius 1 is 1.26 bits per heavy atom. The molecule has 1 saturated heterocycles. The van der Waals surface area contributed by atoms with E-state index in [4.69, 9.17) is 0 Å². The van der Waals surface area contributed by atoms with E-state index in [0.717, 1.165) is 23.3 Å². The Balaban J connectivity index is 1.62. The van der Waals surface area contributed by atoms with Gasteiger partial charge in [0, 0.05) is 13.0 Å². The van der Waals surface area contributed by atoms with Gasteiger partial charge < -0.3 is 10.2 Å². The van der Waals surface area contributed by atoms with Gasteiger partial charge in [0.2, 0.25) is 11.8 Å². The normalized spacial score (nSPS) is 23.0. The lowest BCUT2D eigenvalue weighted by Crippen LogP contribution is -2.43. The predicted molar refractivity (Wildman–Crippen MR) is 76.5 cm³/mol. The fourth-order valence-electron chi connectivity index (χ4n) is 3.09. The summed E-state index contributed by atoms with van der Waals surface area (Å²) in [6.07, 6.45) is -3.06. The van der Waals surface area contributed by atoms with Gasteiger partial charge in [-0.25, -0.2) is 0 Å². The summed E-state index contributed by atoms with van der Waals surface area (Å²) in [7, 11) is 0. The van der Waals surface area contributed by atoms with Crippen LogP contribution < -0.4 is 5.32 Å². The van der Waals surface area contributed by atoms with E-state index in [1.54, 1.807) is 0 Å². The van der Waals surface area contributed by atoms with E-state index in [-0.39, 0.29) is 18.9 Å². The number of amides is 2. The SMILES string of the molecule is O=C1CC(NC(=O)C2(c3ccccc3)CC2)CN1CC(F)(F)F. The van der Waals surface area contributed by atoms with E-state index < -0.39 is 30.1 Å². The molecule has 0 radical (unpaired) electrons. The standard InChI is InChI=1S/C16H17F3N2O2/c17-16(18,19)10-21-9-12(8-13(21)22)20-14(23)15(6-7-15)11-4-2-1-3-5-11/h1-5,12H,6-10H2,(H,20,23). The van der Waals surface area contributed by atoms with Crippen LogP contribution in [-0.2, 0) is 15.0 Å². The number of alkyl halides is 3. The van der Waals surface area contributed by atoms with Crippen LogP contribution >= 0.6 is 0 Å². The highest BCUT2D eigenvalue weighted by atomic mass is 19.4. The topological polar surface area (TPSA) is 49.4 Å². The van der Waals surface area contributed by atoms with Crippen molar-refractivity contribution in [2.24, 2.45) is 0 Å². The van der Waals surface area contributed by atoms with Crippen LogP contribution in [-0.4, -0.2) is 42.0 Å². The zero-order valence-electron chi connectivity index (χ0n) is 12.4. The second kappa shape index (κ2) is 5.54. The molecule has 124 valence electrons. The summed E-state index contributed by atoms with van der Waals surface area (Å²) in [4.78, 5) is 24.9. The van der Waals surface area contributed by atoms with Gasteiger partial charge in [-0.05, 0) is 18.4 Å². The van der Waals surface area contributed by atoms with Gasteiger partial charge in [-0.3, -0.25) is 9.59 Å². The summed E-state index contributed by atoms with van der Waals surface area (Å²) in [6, 6.07) is 8.77. The molecule has 7 heteroatoms. The van der Waals surface area contributed by atoms with E-state index in [1.165, 1.54) is 0 Å². The second-order valence-electron chi connectivity index (χ2n) is 6.21. The molecular weight excluding hydrogens is 309 g/mol. The third-order valence-electron chi connectivity index (χ3n) is 4.43. The Bertz CT molecular complexity index is 612. The zero-order valence-corrected chi connectivity index (χ0v) is 12.4. The fraction of sp³-hybridized carbons (Fsp3) is 0.500. The quantitative estimate of drug-likeness (QED) is 0.920. The lowest BCUT2D eigenvalue weighted by Gasteiger charge is -2.21. The monoisotopic (exact) mass is 326 g/mol. The molecular formula is C16H17F3N2O2. The lowest BCUT2D eigenvalue weighted by molar-refractivity contribution is -0.157. The van der Waals surface area contributed by atoms with E-state index in [2.05, 4.69) is 5.32 Å². The number of benzene rings is 1. The van der Waals surface area contributed by atoms with Gasteiger partial charge in [0.15, 0.2) is 0 Å². The molecule has 2 amide bonds. The van der Waals surface area contributed by atoms with E-state index >= 15 is 0 Å². The number of carbonyl (C=O) groups excluding carboxylic acids is 2. The Kier molecular flexibility index (Phi) is 3.82. The van der Waals surface area contributed by atoms with E-state index in [9.17, 15) is 22.8 Å². The minimum Gasteiger partial charge on any atom is -0.350 e. The van der Waals surface area contributed by atoms with Crippen molar-refractivity contribution in [3.8, 4) is 0 Å². The van der Waals surface area contributed by atoms with Crippen molar-refractivity contribution in [1.29, 1.82) is 0 Å². The molecule has 1 N–H and O–H groups in total. The van der Waals surface area contributed by atoms with Gasteiger partial charge in [0.1, 0.15) is 6.54 Å². The van der Waals surface area contributed by atoms with Gasteiger partial charge >= 0.3 is 6.18 Å². The highest BCUT2D eigenvalue weighted by molar-refractivity contribution is 5.92. The zero-order chi connectivity index (χ0) is 16.7. The van der Waals surface area contributed by atoms with Crippen LogP contribution in [0.1, 0.15) is 24.8 Å². The number of halogens is 3. The summed E-state index contributed by atoms with van der Waals surface area (Å²) >= 11 is 0. The molecule has 3 rings (SSSR count). The molecule has 0 aromatic heterocycles. The minimum atomic E-state index is -4.42.